The van der Waals surface area contributed by atoms with Crippen molar-refractivity contribution in [1.82, 2.24) is 14.8 Å². The maximum atomic E-state index is 14.0. The lowest BCUT2D eigenvalue weighted by Crippen LogP contribution is -2.22. The van der Waals surface area contributed by atoms with Crippen molar-refractivity contribution in [2.45, 2.75) is 24.3 Å². The molecule has 2 aromatic carbocycles. The first-order valence-corrected chi connectivity index (χ1v) is 9.07. The van der Waals surface area contributed by atoms with Crippen LogP contribution in [-0.4, -0.2) is 31.7 Å². The minimum atomic E-state index is -0.493. The molecule has 1 atom stereocenters. The molecule has 0 bridgehead atoms. The monoisotopic (exact) mass is 384 g/mol. The summed E-state index contributed by atoms with van der Waals surface area (Å²) in [5.74, 6) is -0.676. The Morgan fingerprint density at radius 1 is 1.15 bits per heavy atom. The molecule has 0 unspecified atom stereocenters. The van der Waals surface area contributed by atoms with Crippen LogP contribution in [0.5, 0.6) is 0 Å². The number of carbonyl (C=O) groups is 2. The summed E-state index contributed by atoms with van der Waals surface area (Å²) in [7, 11) is 0. The Balaban J connectivity index is 1.70. The summed E-state index contributed by atoms with van der Waals surface area (Å²) in [5.41, 5.74) is 1.49. The Bertz CT molecular complexity index is 972. The van der Waals surface area contributed by atoms with Gasteiger partial charge in [-0.3, -0.25) is 14.2 Å². The standard InChI is InChI=1S/C19H17FN4O2S/c1-12(25)14-7-9-15(10-8-14)22-18(26)13(2)27-19-23-21-11-24(19)17-6-4-3-5-16(17)20/h3-11,13H,1-2H3,(H,22,26)/t13-/m0/s1. The van der Waals surface area contributed by atoms with Crippen molar-refractivity contribution in [2.75, 3.05) is 5.32 Å². The fraction of sp³-hybridized carbons (Fsp3) is 0.158. The molecular formula is C19H17FN4O2S. The average Bonchev–Trinajstić information content (AvgIpc) is 3.10. The molecule has 138 valence electrons. The molecule has 8 heteroatoms. The van der Waals surface area contributed by atoms with Gasteiger partial charge in [-0.2, -0.15) is 0 Å². The van der Waals surface area contributed by atoms with Gasteiger partial charge in [0.2, 0.25) is 5.91 Å². The van der Waals surface area contributed by atoms with Gasteiger partial charge in [-0.05, 0) is 50.2 Å². The van der Waals surface area contributed by atoms with E-state index < -0.39 is 11.1 Å². The molecule has 3 rings (SSSR count). The molecule has 27 heavy (non-hydrogen) atoms. The number of benzene rings is 2. The van der Waals surface area contributed by atoms with E-state index in [4.69, 9.17) is 0 Å². The van der Waals surface area contributed by atoms with Gasteiger partial charge in [0.15, 0.2) is 10.9 Å². The molecule has 0 radical (unpaired) electrons. The largest absolute Gasteiger partial charge is 0.325 e. The molecule has 1 heterocycles. The summed E-state index contributed by atoms with van der Waals surface area (Å²) >= 11 is 1.17. The Kier molecular flexibility index (Phi) is 5.66. The first-order chi connectivity index (χ1) is 13.0. The maximum absolute atomic E-state index is 14.0. The number of rotatable bonds is 6. The van der Waals surface area contributed by atoms with Gasteiger partial charge in [-0.25, -0.2) is 4.39 Å². The van der Waals surface area contributed by atoms with E-state index in [-0.39, 0.29) is 11.7 Å². The number of Topliss-reactive ketones (excluding diaryl/α,β-unsaturated/α-hetero) is 1. The smallest absolute Gasteiger partial charge is 0.237 e. The van der Waals surface area contributed by atoms with E-state index in [1.165, 1.54) is 35.6 Å². The Morgan fingerprint density at radius 2 is 1.85 bits per heavy atom. The number of halogens is 1. The normalized spacial score (nSPS) is 11.8. The van der Waals surface area contributed by atoms with Crippen LogP contribution < -0.4 is 5.32 Å². The van der Waals surface area contributed by atoms with Gasteiger partial charge in [0, 0.05) is 11.3 Å². The number of aromatic nitrogens is 3. The molecule has 0 aliphatic rings. The number of ketones is 1. The third-order valence-corrected chi connectivity index (χ3v) is 4.90. The molecule has 1 aromatic heterocycles. The van der Waals surface area contributed by atoms with Crippen LogP contribution in [0.25, 0.3) is 5.69 Å². The van der Waals surface area contributed by atoms with Crippen LogP contribution in [-0.2, 0) is 4.79 Å². The zero-order valence-electron chi connectivity index (χ0n) is 14.7. The van der Waals surface area contributed by atoms with Gasteiger partial charge in [-0.15, -0.1) is 10.2 Å². The number of anilines is 1. The summed E-state index contributed by atoms with van der Waals surface area (Å²) in [6.45, 7) is 3.21. The number of hydrogen-bond donors (Lipinski definition) is 1. The zero-order valence-corrected chi connectivity index (χ0v) is 15.5. The zero-order chi connectivity index (χ0) is 19.4. The summed E-state index contributed by atoms with van der Waals surface area (Å²) in [6.07, 6.45) is 1.41. The predicted molar refractivity (Wildman–Crippen MR) is 102 cm³/mol. The quantitative estimate of drug-likeness (QED) is 0.518. The Hall–Kier alpha value is -3.00. The third kappa shape index (κ3) is 4.40. The van der Waals surface area contributed by atoms with E-state index in [0.717, 1.165) is 0 Å². The molecule has 0 saturated carbocycles. The lowest BCUT2D eigenvalue weighted by atomic mass is 10.1. The van der Waals surface area contributed by atoms with Crippen LogP contribution in [0.15, 0.2) is 60.0 Å². The van der Waals surface area contributed by atoms with Gasteiger partial charge in [0.25, 0.3) is 0 Å². The summed E-state index contributed by atoms with van der Waals surface area (Å²) < 4.78 is 15.5. The molecule has 0 fully saturated rings. The van der Waals surface area contributed by atoms with Crippen LogP contribution in [0.4, 0.5) is 10.1 Å². The lowest BCUT2D eigenvalue weighted by Gasteiger charge is -2.13. The summed E-state index contributed by atoms with van der Waals surface area (Å²) in [4.78, 5) is 23.7. The van der Waals surface area contributed by atoms with E-state index >= 15 is 0 Å². The van der Waals surface area contributed by atoms with E-state index in [1.54, 1.807) is 49.4 Å². The second kappa shape index (κ2) is 8.13. The van der Waals surface area contributed by atoms with E-state index in [1.807, 2.05) is 0 Å². The first kappa shape index (κ1) is 18.8. The van der Waals surface area contributed by atoms with Gasteiger partial charge in [0.05, 0.1) is 10.9 Å². The van der Waals surface area contributed by atoms with Gasteiger partial charge < -0.3 is 5.32 Å². The number of thioether (sulfide) groups is 1. The maximum Gasteiger partial charge on any atom is 0.237 e. The van der Waals surface area contributed by atoms with E-state index in [9.17, 15) is 14.0 Å². The fourth-order valence-corrected chi connectivity index (χ4v) is 3.20. The fourth-order valence-electron chi connectivity index (χ4n) is 2.36. The van der Waals surface area contributed by atoms with Gasteiger partial charge in [0.1, 0.15) is 12.1 Å². The second-order valence-corrected chi connectivity index (χ2v) is 7.13. The van der Waals surface area contributed by atoms with Crippen molar-refractivity contribution in [3.63, 3.8) is 0 Å². The van der Waals surface area contributed by atoms with Crippen LogP contribution in [0.2, 0.25) is 0 Å². The third-order valence-electron chi connectivity index (χ3n) is 3.84. The van der Waals surface area contributed by atoms with Crippen molar-refractivity contribution < 1.29 is 14.0 Å². The highest BCUT2D eigenvalue weighted by Crippen LogP contribution is 2.25. The highest BCUT2D eigenvalue weighted by Gasteiger charge is 2.19. The number of amides is 1. The van der Waals surface area contributed by atoms with E-state index in [2.05, 4.69) is 15.5 Å². The predicted octanol–water partition coefficient (Wildman–Crippen LogP) is 3.73. The van der Waals surface area contributed by atoms with Gasteiger partial charge in [-0.1, -0.05) is 23.9 Å². The van der Waals surface area contributed by atoms with Crippen LogP contribution >= 0.6 is 11.8 Å². The van der Waals surface area contributed by atoms with Crippen molar-refractivity contribution >= 4 is 29.1 Å². The molecule has 0 saturated heterocycles. The SMILES string of the molecule is CC(=O)c1ccc(NC(=O)[C@H](C)Sc2nncn2-c2ccccc2F)cc1. The molecule has 0 aliphatic carbocycles. The number of nitrogens with one attached hydrogen (secondary N) is 1. The second-order valence-electron chi connectivity index (χ2n) is 5.82. The molecule has 6 nitrogen and oxygen atoms in total. The molecule has 3 aromatic rings. The molecule has 1 N–H and O–H groups in total. The number of hydrogen-bond acceptors (Lipinski definition) is 5. The Morgan fingerprint density at radius 3 is 2.52 bits per heavy atom. The van der Waals surface area contributed by atoms with Crippen LogP contribution in [0.1, 0.15) is 24.2 Å². The van der Waals surface area contributed by atoms with Crippen molar-refractivity contribution in [1.29, 1.82) is 0 Å². The van der Waals surface area contributed by atoms with E-state index in [0.29, 0.717) is 22.1 Å². The van der Waals surface area contributed by atoms with Crippen molar-refractivity contribution in [3.8, 4) is 5.69 Å². The molecular weight excluding hydrogens is 367 g/mol. The van der Waals surface area contributed by atoms with Gasteiger partial charge >= 0.3 is 0 Å². The van der Waals surface area contributed by atoms with Crippen molar-refractivity contribution in [2.24, 2.45) is 0 Å². The molecule has 0 spiro atoms. The minimum absolute atomic E-state index is 0.0377. The highest BCUT2D eigenvalue weighted by atomic mass is 32.2. The van der Waals surface area contributed by atoms with Crippen LogP contribution in [0.3, 0.4) is 0 Å². The topological polar surface area (TPSA) is 76.9 Å². The summed E-state index contributed by atoms with van der Waals surface area (Å²) in [6, 6.07) is 12.9. The molecule has 0 aliphatic heterocycles. The summed E-state index contributed by atoms with van der Waals surface area (Å²) in [5, 5.41) is 10.5. The number of para-hydroxylation sites is 1. The Labute approximate surface area is 159 Å². The highest BCUT2D eigenvalue weighted by molar-refractivity contribution is 8.00. The first-order valence-electron chi connectivity index (χ1n) is 8.19. The number of carbonyl (C=O) groups excluding carboxylic acids is 2. The lowest BCUT2D eigenvalue weighted by molar-refractivity contribution is -0.115. The van der Waals surface area contributed by atoms with Crippen LogP contribution in [0, 0.1) is 5.82 Å². The minimum Gasteiger partial charge on any atom is -0.325 e. The van der Waals surface area contributed by atoms with Crippen molar-refractivity contribution in [3.05, 3.63) is 66.2 Å². The number of nitrogens with zero attached hydrogens (tertiary/aromatic N) is 3. The average molecular weight is 384 g/mol. The molecule has 1 amide bonds.